The Labute approximate surface area is 166 Å². The molecule has 2 heterocycles. The second-order valence-corrected chi connectivity index (χ2v) is 7.39. The highest BCUT2D eigenvalue weighted by molar-refractivity contribution is 6.30. The summed E-state index contributed by atoms with van der Waals surface area (Å²) >= 11 is 6.24. The predicted octanol–water partition coefficient (Wildman–Crippen LogP) is 5.54. The molecule has 2 aromatic carbocycles. The van der Waals surface area contributed by atoms with E-state index < -0.39 is 0 Å². The Hall–Kier alpha value is -2.23. The van der Waals surface area contributed by atoms with E-state index in [1.807, 2.05) is 25.1 Å². The summed E-state index contributed by atoms with van der Waals surface area (Å²) < 4.78 is 8.36. The predicted molar refractivity (Wildman–Crippen MR) is 110 cm³/mol. The van der Waals surface area contributed by atoms with Crippen LogP contribution in [-0.4, -0.2) is 22.6 Å². The van der Waals surface area contributed by atoms with Gasteiger partial charge in [0.2, 0.25) is 0 Å². The number of halogens is 1. The Bertz CT molecular complexity index is 905. The first-order chi connectivity index (χ1) is 13.3. The van der Waals surface area contributed by atoms with Crippen LogP contribution in [0.1, 0.15) is 36.2 Å². The van der Waals surface area contributed by atoms with Crippen molar-refractivity contribution in [1.29, 1.82) is 0 Å². The molecule has 1 unspecified atom stereocenters. The van der Waals surface area contributed by atoms with Crippen molar-refractivity contribution >= 4 is 11.6 Å². The maximum absolute atomic E-state index is 6.24. The van der Waals surface area contributed by atoms with E-state index in [1.54, 1.807) is 0 Å². The number of ether oxygens (including phenoxy) is 1. The monoisotopic (exact) mass is 380 g/mol. The highest BCUT2D eigenvalue weighted by Crippen LogP contribution is 2.37. The topological polar surface area (TPSA) is 17.4 Å². The van der Waals surface area contributed by atoms with Crippen molar-refractivity contribution in [2.75, 3.05) is 13.2 Å². The molecule has 0 fully saturated rings. The number of aryl methyl sites for hydroxylation is 1. The van der Waals surface area contributed by atoms with Crippen LogP contribution in [-0.2, 0) is 13.1 Å². The van der Waals surface area contributed by atoms with E-state index in [9.17, 15) is 0 Å². The third-order valence-corrected chi connectivity index (χ3v) is 5.38. The van der Waals surface area contributed by atoms with Crippen LogP contribution >= 0.6 is 11.6 Å². The van der Waals surface area contributed by atoms with Crippen molar-refractivity contribution < 1.29 is 4.74 Å². The van der Waals surface area contributed by atoms with Gasteiger partial charge >= 0.3 is 0 Å². The van der Waals surface area contributed by atoms with Gasteiger partial charge in [0.1, 0.15) is 5.75 Å². The smallest absolute Gasteiger partial charge is 0.124 e. The second-order valence-electron chi connectivity index (χ2n) is 6.95. The molecule has 27 heavy (non-hydrogen) atoms. The van der Waals surface area contributed by atoms with Gasteiger partial charge in [0.25, 0.3) is 0 Å². The first-order valence-electron chi connectivity index (χ1n) is 9.61. The molecular formula is C23H25ClN2O. The number of benzene rings is 2. The van der Waals surface area contributed by atoms with Crippen LogP contribution in [0.3, 0.4) is 0 Å². The standard InChI is InChI=1S/C23H25ClN2O/c1-2-27-22-12-4-3-10-20(22)23-21-11-6-13-25(21)14-7-15-26(23)17-18-8-5-9-19(24)16-18/h3-6,8-13,16,23H,2,7,14-15,17H2,1H3. The molecule has 3 nitrogen and oxygen atoms in total. The molecule has 1 aliphatic rings. The van der Waals surface area contributed by atoms with Gasteiger partial charge in [-0.1, -0.05) is 41.9 Å². The molecule has 0 radical (unpaired) electrons. The first kappa shape index (κ1) is 18.1. The fraction of sp³-hybridized carbons (Fsp3) is 0.304. The summed E-state index contributed by atoms with van der Waals surface area (Å²) in [5, 5.41) is 0.789. The number of rotatable bonds is 5. The molecule has 3 aromatic rings. The number of fused-ring (bicyclic) bond motifs is 1. The molecule has 0 saturated carbocycles. The quantitative estimate of drug-likeness (QED) is 0.578. The van der Waals surface area contributed by atoms with Crippen LogP contribution in [0.25, 0.3) is 0 Å². The van der Waals surface area contributed by atoms with Crippen molar-refractivity contribution in [3.8, 4) is 5.75 Å². The Morgan fingerprint density at radius 2 is 1.93 bits per heavy atom. The van der Waals surface area contributed by atoms with Crippen molar-refractivity contribution in [1.82, 2.24) is 9.47 Å². The van der Waals surface area contributed by atoms with Gasteiger partial charge in [-0.15, -0.1) is 0 Å². The van der Waals surface area contributed by atoms with Crippen LogP contribution in [0.15, 0.2) is 66.9 Å². The average molecular weight is 381 g/mol. The Morgan fingerprint density at radius 1 is 1.04 bits per heavy atom. The second kappa shape index (κ2) is 8.20. The SMILES string of the molecule is CCOc1ccccc1C1c2cccn2CCCN1Cc1cccc(Cl)c1. The molecule has 0 aliphatic carbocycles. The summed E-state index contributed by atoms with van der Waals surface area (Å²) in [5.41, 5.74) is 3.78. The van der Waals surface area contributed by atoms with E-state index in [-0.39, 0.29) is 6.04 Å². The van der Waals surface area contributed by atoms with E-state index in [2.05, 4.69) is 58.1 Å². The van der Waals surface area contributed by atoms with Gasteiger partial charge < -0.3 is 9.30 Å². The van der Waals surface area contributed by atoms with Crippen LogP contribution in [0, 0.1) is 0 Å². The Morgan fingerprint density at radius 3 is 2.78 bits per heavy atom. The largest absolute Gasteiger partial charge is 0.494 e. The maximum atomic E-state index is 6.24. The van der Waals surface area contributed by atoms with E-state index in [0.717, 1.165) is 36.8 Å². The molecule has 0 spiro atoms. The minimum atomic E-state index is 0.157. The van der Waals surface area contributed by atoms with Gasteiger partial charge in [0, 0.05) is 42.1 Å². The fourth-order valence-corrected chi connectivity index (χ4v) is 4.24. The third kappa shape index (κ3) is 3.90. The fourth-order valence-electron chi connectivity index (χ4n) is 4.03. The maximum Gasteiger partial charge on any atom is 0.124 e. The van der Waals surface area contributed by atoms with E-state index in [4.69, 9.17) is 16.3 Å². The summed E-state index contributed by atoms with van der Waals surface area (Å²) in [6.07, 6.45) is 3.31. The molecule has 4 rings (SSSR count). The Kier molecular flexibility index (Phi) is 5.51. The van der Waals surface area contributed by atoms with Crippen LogP contribution in [0.4, 0.5) is 0 Å². The van der Waals surface area contributed by atoms with Gasteiger partial charge in [-0.2, -0.15) is 0 Å². The van der Waals surface area contributed by atoms with Crippen LogP contribution in [0.2, 0.25) is 5.02 Å². The zero-order valence-electron chi connectivity index (χ0n) is 15.6. The third-order valence-electron chi connectivity index (χ3n) is 5.14. The lowest BCUT2D eigenvalue weighted by Gasteiger charge is -2.31. The average Bonchev–Trinajstić information content (AvgIpc) is 3.05. The summed E-state index contributed by atoms with van der Waals surface area (Å²) in [7, 11) is 0. The van der Waals surface area contributed by atoms with E-state index in [1.165, 1.54) is 16.8 Å². The molecule has 1 aliphatic heterocycles. The van der Waals surface area contributed by atoms with Crippen molar-refractivity contribution in [2.45, 2.75) is 32.5 Å². The Balaban J connectivity index is 1.77. The highest BCUT2D eigenvalue weighted by Gasteiger charge is 2.29. The van der Waals surface area contributed by atoms with Gasteiger partial charge in [-0.3, -0.25) is 4.90 Å². The molecule has 0 N–H and O–H groups in total. The van der Waals surface area contributed by atoms with Crippen molar-refractivity contribution in [3.05, 3.63) is 88.7 Å². The van der Waals surface area contributed by atoms with Gasteiger partial charge in [0.05, 0.1) is 12.6 Å². The minimum Gasteiger partial charge on any atom is -0.494 e. The van der Waals surface area contributed by atoms with E-state index in [0.29, 0.717) is 6.61 Å². The molecule has 4 heteroatoms. The summed E-state index contributed by atoms with van der Waals surface area (Å²) in [6.45, 7) is 5.63. The summed E-state index contributed by atoms with van der Waals surface area (Å²) in [5.74, 6) is 0.968. The minimum absolute atomic E-state index is 0.157. The lowest BCUT2D eigenvalue weighted by Crippen LogP contribution is -2.29. The zero-order chi connectivity index (χ0) is 18.6. The van der Waals surface area contributed by atoms with Crippen molar-refractivity contribution in [2.24, 2.45) is 0 Å². The van der Waals surface area contributed by atoms with Crippen LogP contribution in [0.5, 0.6) is 5.75 Å². The molecular weight excluding hydrogens is 356 g/mol. The number of hydrogen-bond acceptors (Lipinski definition) is 2. The number of para-hydroxylation sites is 1. The van der Waals surface area contributed by atoms with Crippen molar-refractivity contribution in [3.63, 3.8) is 0 Å². The molecule has 0 saturated heterocycles. The van der Waals surface area contributed by atoms with Gasteiger partial charge in [-0.25, -0.2) is 0 Å². The molecule has 0 bridgehead atoms. The van der Waals surface area contributed by atoms with E-state index >= 15 is 0 Å². The van der Waals surface area contributed by atoms with Gasteiger partial charge in [0.15, 0.2) is 0 Å². The molecule has 1 aromatic heterocycles. The molecule has 1 atom stereocenters. The first-order valence-corrected chi connectivity index (χ1v) is 9.99. The number of nitrogens with zero attached hydrogens (tertiary/aromatic N) is 2. The lowest BCUT2D eigenvalue weighted by atomic mass is 10.00. The highest BCUT2D eigenvalue weighted by atomic mass is 35.5. The summed E-state index contributed by atoms with van der Waals surface area (Å²) in [4.78, 5) is 2.54. The number of hydrogen-bond donors (Lipinski definition) is 0. The lowest BCUT2D eigenvalue weighted by molar-refractivity contribution is 0.214. The van der Waals surface area contributed by atoms with Gasteiger partial charge in [-0.05, 0) is 49.2 Å². The van der Waals surface area contributed by atoms with Crippen LogP contribution < -0.4 is 4.74 Å². The summed E-state index contributed by atoms with van der Waals surface area (Å²) in [6, 6.07) is 21.2. The zero-order valence-corrected chi connectivity index (χ0v) is 16.4. The molecule has 140 valence electrons. The molecule has 0 amide bonds. The normalized spacial score (nSPS) is 17.3. The number of aromatic nitrogens is 1.